The number of nitrogens with zero attached hydrogens (tertiary/aromatic N) is 3. The van der Waals surface area contributed by atoms with Crippen molar-refractivity contribution in [1.82, 2.24) is 0 Å². The van der Waals surface area contributed by atoms with Crippen LogP contribution in [0.15, 0.2) is 212 Å². The van der Waals surface area contributed by atoms with Crippen molar-refractivity contribution in [2.45, 2.75) is 134 Å². The first kappa shape index (κ1) is 51.3. The summed E-state index contributed by atoms with van der Waals surface area (Å²) in [6, 6.07) is 83.0. The molecule has 85 heavy (non-hydrogen) atoms. The first-order valence-electron chi connectivity index (χ1n) is 32.3. The Bertz CT molecular complexity index is 4290. The zero-order chi connectivity index (χ0) is 57.1. The summed E-state index contributed by atoms with van der Waals surface area (Å²) in [5, 5.41) is 8.04. The lowest BCUT2D eigenvalue weighted by Crippen LogP contribution is -2.46. The summed E-state index contributed by atoms with van der Waals surface area (Å²) in [4.78, 5) is 8.16. The second-order valence-electron chi connectivity index (χ2n) is 28.1. The van der Waals surface area contributed by atoms with Gasteiger partial charge < -0.3 is 14.7 Å². The van der Waals surface area contributed by atoms with E-state index in [1.54, 1.807) is 0 Å². The van der Waals surface area contributed by atoms with Crippen molar-refractivity contribution in [2.24, 2.45) is 17.8 Å². The first-order chi connectivity index (χ1) is 41.5. The largest absolute Gasteiger partial charge is 0.335 e. The molecule has 9 unspecified atom stereocenters. The quantitative estimate of drug-likeness (QED) is 0.147. The Kier molecular flexibility index (Phi) is 11.4. The van der Waals surface area contributed by atoms with Gasteiger partial charge in [0, 0.05) is 68.5 Å². The summed E-state index contributed by atoms with van der Waals surface area (Å²) in [6.45, 7) is 15.1. The molecule has 0 N–H and O–H groups in total. The molecule has 3 heterocycles. The van der Waals surface area contributed by atoms with Crippen LogP contribution < -0.4 is 14.7 Å². The van der Waals surface area contributed by atoms with Gasteiger partial charge >= 0.3 is 0 Å². The maximum atomic E-state index is 2.72. The third-order valence-electron chi connectivity index (χ3n) is 23.0. The molecule has 0 aromatic heterocycles. The van der Waals surface area contributed by atoms with E-state index in [4.69, 9.17) is 0 Å². The van der Waals surface area contributed by atoms with Gasteiger partial charge in [0.15, 0.2) is 0 Å². The van der Waals surface area contributed by atoms with Crippen LogP contribution in [-0.2, 0) is 0 Å². The van der Waals surface area contributed by atoms with Crippen molar-refractivity contribution in [3.05, 3.63) is 229 Å². The summed E-state index contributed by atoms with van der Waals surface area (Å²) in [5.74, 6) is 3.33. The molecule has 11 aromatic carbocycles. The van der Waals surface area contributed by atoms with E-state index in [9.17, 15) is 0 Å². The molecule has 0 bridgehead atoms. The first-order valence-corrected chi connectivity index (χ1v) is 32.3. The minimum atomic E-state index is 0.00128. The highest BCUT2D eigenvalue weighted by atomic mass is 15.3. The molecule has 9 atom stereocenters. The van der Waals surface area contributed by atoms with Gasteiger partial charge in [-0.25, -0.2) is 0 Å². The van der Waals surface area contributed by atoms with E-state index in [2.05, 4.69) is 269 Å². The highest BCUT2D eigenvalue weighted by molar-refractivity contribution is 6.32. The second kappa shape index (κ2) is 18.9. The number of fused-ring (bicyclic) bond motifs is 9. The van der Waals surface area contributed by atoms with Gasteiger partial charge in [-0.1, -0.05) is 148 Å². The monoisotopic (exact) mass is 1100 g/mol. The van der Waals surface area contributed by atoms with E-state index in [1.165, 1.54) is 185 Å². The van der Waals surface area contributed by atoms with Gasteiger partial charge in [-0.2, -0.15) is 0 Å². The molecule has 0 radical (unpaired) electrons. The highest BCUT2D eigenvalue weighted by Gasteiger charge is 2.54. The van der Waals surface area contributed by atoms with Crippen molar-refractivity contribution < 1.29 is 0 Å². The van der Waals surface area contributed by atoms with E-state index < -0.39 is 0 Å². The lowest BCUT2D eigenvalue weighted by molar-refractivity contribution is 0.237. The van der Waals surface area contributed by atoms with Crippen LogP contribution in [0.3, 0.4) is 0 Å². The average Bonchev–Trinajstić information content (AvgIpc) is 2.38. The van der Waals surface area contributed by atoms with Crippen molar-refractivity contribution in [3.8, 4) is 44.5 Å². The van der Waals surface area contributed by atoms with Crippen molar-refractivity contribution in [2.75, 3.05) is 14.7 Å². The minimum absolute atomic E-state index is 0.00128. The van der Waals surface area contributed by atoms with Crippen molar-refractivity contribution in [3.63, 3.8) is 0 Å². The summed E-state index contributed by atoms with van der Waals surface area (Å²) < 4.78 is 0. The average molecular weight is 1100 g/mol. The fraction of sp³-hybridized carbons (Fsp3) is 0.293. The Morgan fingerprint density at radius 2 is 0.588 bits per heavy atom. The third-order valence-corrected chi connectivity index (χ3v) is 23.0. The smallest absolute Gasteiger partial charge is 0.0492 e. The van der Waals surface area contributed by atoms with Gasteiger partial charge in [0.25, 0.3) is 0 Å². The van der Waals surface area contributed by atoms with E-state index in [0.29, 0.717) is 35.5 Å². The molecule has 17 rings (SSSR count). The summed E-state index contributed by atoms with van der Waals surface area (Å²) in [5.41, 5.74) is 23.0. The van der Waals surface area contributed by atoms with E-state index in [0.717, 1.165) is 0 Å². The summed E-state index contributed by atoms with van der Waals surface area (Å²) >= 11 is 0. The number of hydrogen-bond donors (Lipinski definition) is 0. The van der Waals surface area contributed by atoms with Gasteiger partial charge in [-0.15, -0.1) is 0 Å². The Balaban J connectivity index is 0.928. The van der Waals surface area contributed by atoms with Gasteiger partial charge in [-0.05, 0) is 275 Å². The lowest BCUT2D eigenvalue weighted by Gasteiger charge is -2.45. The Morgan fingerprint density at radius 3 is 0.894 bits per heavy atom. The van der Waals surface area contributed by atoms with Gasteiger partial charge in [-0.3, -0.25) is 0 Å². The third kappa shape index (κ3) is 7.50. The van der Waals surface area contributed by atoms with Crippen LogP contribution in [0, 0.1) is 17.8 Å². The van der Waals surface area contributed by atoms with E-state index in [-0.39, 0.29) is 16.6 Å². The van der Waals surface area contributed by atoms with Gasteiger partial charge in [0.1, 0.15) is 0 Å². The Labute approximate surface area is 503 Å². The second-order valence-corrected chi connectivity index (χ2v) is 28.1. The van der Waals surface area contributed by atoms with Crippen LogP contribution in [0.5, 0.6) is 0 Å². The number of benzene rings is 11. The fourth-order valence-electron chi connectivity index (χ4n) is 18.7. The van der Waals surface area contributed by atoms with Crippen molar-refractivity contribution >= 4 is 66.4 Å². The van der Waals surface area contributed by atoms with Gasteiger partial charge in [0.05, 0.1) is 0 Å². The maximum absolute atomic E-state index is 2.72. The van der Waals surface area contributed by atoms with Crippen LogP contribution in [-0.4, -0.2) is 16.6 Å². The molecule has 3 aliphatic heterocycles. The minimum Gasteiger partial charge on any atom is -0.335 e. The van der Waals surface area contributed by atoms with E-state index >= 15 is 0 Å². The Hall–Kier alpha value is -8.14. The molecule has 11 aromatic rings. The zero-order valence-electron chi connectivity index (χ0n) is 50.4. The standard InChI is InChI=1S/C82H77N3/c1-51-37-40-80(4)72(43-51)69-46-55(27-34-75(69)83(80)58-21-13-8-14-22-58)66-49-65(54-19-11-7-12-20-54)61-30-31-63-67(56-28-35-76-70(47-56)73-44-52(2)38-41-81(73,5)84(76)59-23-15-9-16-24-59)50-68(64-33-32-62(66)78(61)79(63)64)57-29-36-77-71(48-57)74-45-53(3)39-42-82(74,6)85(77)60-25-17-10-18-26-60/h7-36,46-53,72-74H,37-45H2,1-6H3. The number of rotatable bonds is 7. The molecule has 3 nitrogen and oxygen atoms in total. The highest BCUT2D eigenvalue weighted by Crippen LogP contribution is 2.63. The maximum Gasteiger partial charge on any atom is 0.0492 e. The predicted molar refractivity (Wildman–Crippen MR) is 360 cm³/mol. The zero-order valence-corrected chi connectivity index (χ0v) is 50.4. The predicted octanol–water partition coefficient (Wildman–Crippen LogP) is 22.7. The molecule has 0 spiro atoms. The fourth-order valence-corrected chi connectivity index (χ4v) is 18.7. The molecular formula is C82H77N3. The SMILES string of the molecule is CC1CCC2(C)C(C1)c1cc(-c3cc(-c4ccccc4)c4ccc5c(-c6ccc7c(c6)C6CC(C)CCC6(C)N7c6ccccc6)cc(-c6ccc7c(c6)C6CC(C)CCC6(C)N7c6ccccc6)c6ccc3c4c56)ccc1N2c1ccccc1. The lowest BCUT2D eigenvalue weighted by atomic mass is 9.69. The molecule has 3 aliphatic carbocycles. The molecule has 6 aliphatic rings. The molecule has 3 heteroatoms. The number of hydrogen-bond acceptors (Lipinski definition) is 3. The van der Waals surface area contributed by atoms with E-state index in [1.807, 2.05) is 0 Å². The van der Waals surface area contributed by atoms with Crippen molar-refractivity contribution in [1.29, 1.82) is 0 Å². The molecular weight excluding hydrogens is 1030 g/mol. The van der Waals surface area contributed by atoms with Crippen LogP contribution in [0.1, 0.15) is 134 Å². The van der Waals surface area contributed by atoms with Crippen LogP contribution in [0.4, 0.5) is 34.1 Å². The number of para-hydroxylation sites is 3. The van der Waals surface area contributed by atoms with Crippen LogP contribution in [0.25, 0.3) is 76.8 Å². The molecule has 0 amide bonds. The summed E-state index contributed by atoms with van der Waals surface area (Å²) in [6.07, 6.45) is 10.9. The Morgan fingerprint density at radius 1 is 0.306 bits per heavy atom. The topological polar surface area (TPSA) is 9.72 Å². The molecule has 0 saturated heterocycles. The van der Waals surface area contributed by atoms with Gasteiger partial charge in [0.2, 0.25) is 0 Å². The van der Waals surface area contributed by atoms with Crippen LogP contribution in [0.2, 0.25) is 0 Å². The molecule has 420 valence electrons. The van der Waals surface area contributed by atoms with Crippen LogP contribution >= 0.6 is 0 Å². The molecule has 3 saturated carbocycles. The summed E-state index contributed by atoms with van der Waals surface area (Å²) in [7, 11) is 0. The number of anilines is 6. The normalized spacial score (nSPS) is 26.6. The molecule has 3 fully saturated rings.